The molecule has 6 rings (SSSR count). The number of sulfone groups is 2. The van der Waals surface area contributed by atoms with Crippen molar-refractivity contribution in [3.8, 4) is 6.07 Å². The predicted octanol–water partition coefficient (Wildman–Crippen LogP) is 4.71. The second-order valence-corrected chi connectivity index (χ2v) is 17.2. The fraction of sp³-hybridized carbons (Fsp3) is 0.486. The average Bonchev–Trinajstić information content (AvgIpc) is 3.53. The van der Waals surface area contributed by atoms with Crippen molar-refractivity contribution < 1.29 is 21.6 Å². The van der Waals surface area contributed by atoms with Crippen molar-refractivity contribution in [1.82, 2.24) is 9.88 Å². The highest BCUT2D eigenvalue weighted by atomic mass is 32.2. The van der Waals surface area contributed by atoms with Crippen LogP contribution in [0.5, 0.6) is 0 Å². The van der Waals surface area contributed by atoms with Crippen molar-refractivity contribution in [1.29, 1.82) is 5.26 Å². The zero-order valence-corrected chi connectivity index (χ0v) is 27.9. The first-order valence-corrected chi connectivity index (χ1v) is 19.6. The minimum Gasteiger partial charge on any atom is -0.371 e. The van der Waals surface area contributed by atoms with Crippen LogP contribution in [0.25, 0.3) is 0 Å². The molecule has 1 unspecified atom stereocenters. The van der Waals surface area contributed by atoms with Gasteiger partial charge < -0.3 is 14.5 Å². The van der Waals surface area contributed by atoms with Crippen molar-refractivity contribution in [2.24, 2.45) is 17.8 Å². The summed E-state index contributed by atoms with van der Waals surface area (Å²) < 4.78 is 55.7. The standard InChI is InChI=1S/C35H42N4O5S2/c1-45(40,41)26-44-34-9-5-8-33(34)35(25-36,28-6-3-2-4-7-28)29-16-20-38(21-17-29)22-27-23-39(24-27)30-10-12-31(13-11-30)46(42,43)32-14-18-37-19-15-32/h2-4,6-7,10-15,18-19,27,29,33-34H,5,8-9,16-17,20-24,26H2,1H3/t33-,34-,35?/m0/s1. The van der Waals surface area contributed by atoms with Crippen LogP contribution >= 0.6 is 0 Å². The Labute approximate surface area is 273 Å². The lowest BCUT2D eigenvalue weighted by atomic mass is 9.59. The third-order valence-electron chi connectivity index (χ3n) is 10.1. The lowest BCUT2D eigenvalue weighted by molar-refractivity contribution is 0.0108. The van der Waals surface area contributed by atoms with Gasteiger partial charge in [0.25, 0.3) is 0 Å². The molecule has 0 radical (unpaired) electrons. The van der Waals surface area contributed by atoms with Gasteiger partial charge in [-0.15, -0.1) is 0 Å². The van der Waals surface area contributed by atoms with Gasteiger partial charge in [-0.25, -0.2) is 16.8 Å². The molecule has 3 heterocycles. The first-order valence-electron chi connectivity index (χ1n) is 16.1. The van der Waals surface area contributed by atoms with Crippen molar-refractivity contribution in [2.75, 3.05) is 49.8 Å². The molecule has 3 atom stereocenters. The molecule has 2 aliphatic heterocycles. The van der Waals surface area contributed by atoms with Crippen LogP contribution in [-0.2, 0) is 29.8 Å². The van der Waals surface area contributed by atoms with E-state index in [4.69, 9.17) is 4.74 Å². The second-order valence-electron chi connectivity index (χ2n) is 13.2. The van der Waals surface area contributed by atoms with Crippen LogP contribution in [0.4, 0.5) is 5.69 Å². The molecule has 2 aromatic carbocycles. The Morgan fingerprint density at radius 2 is 1.54 bits per heavy atom. The van der Waals surface area contributed by atoms with E-state index < -0.39 is 25.1 Å². The summed E-state index contributed by atoms with van der Waals surface area (Å²) in [7, 11) is -6.84. The molecular weight excluding hydrogens is 621 g/mol. The molecular formula is C35H42N4O5S2. The molecule has 46 heavy (non-hydrogen) atoms. The van der Waals surface area contributed by atoms with E-state index in [1.807, 2.05) is 30.3 Å². The number of benzene rings is 2. The number of ether oxygens (including phenoxy) is 1. The van der Waals surface area contributed by atoms with Crippen LogP contribution in [0, 0.1) is 29.1 Å². The number of aromatic nitrogens is 1. The molecule has 244 valence electrons. The lowest BCUT2D eigenvalue weighted by Gasteiger charge is -2.48. The van der Waals surface area contributed by atoms with Gasteiger partial charge in [0.15, 0.2) is 9.84 Å². The first kappa shape index (κ1) is 32.6. The quantitative estimate of drug-likeness (QED) is 0.287. The number of nitrogens with zero attached hydrogens (tertiary/aromatic N) is 4. The van der Waals surface area contributed by atoms with E-state index in [0.717, 1.165) is 76.1 Å². The topological polar surface area (TPSA) is 121 Å². The Balaban J connectivity index is 1.07. The highest BCUT2D eigenvalue weighted by molar-refractivity contribution is 7.91. The van der Waals surface area contributed by atoms with Crippen molar-refractivity contribution in [3.05, 3.63) is 84.7 Å². The fourth-order valence-corrected chi connectivity index (χ4v) is 9.55. The highest BCUT2D eigenvalue weighted by Crippen LogP contribution is 2.51. The normalized spacial score (nSPS) is 23.0. The molecule has 3 aliphatic rings. The van der Waals surface area contributed by atoms with Gasteiger partial charge in [-0.05, 0) is 86.7 Å². The number of hydrogen-bond donors (Lipinski definition) is 0. The molecule has 1 aromatic heterocycles. The zero-order valence-electron chi connectivity index (χ0n) is 26.2. The van der Waals surface area contributed by atoms with E-state index in [0.29, 0.717) is 5.92 Å². The average molecular weight is 663 g/mol. The molecule has 1 aliphatic carbocycles. The minimum absolute atomic E-state index is 0.0514. The minimum atomic E-state index is -3.57. The van der Waals surface area contributed by atoms with Gasteiger partial charge >= 0.3 is 0 Å². The summed E-state index contributed by atoms with van der Waals surface area (Å²) in [5.74, 6) is 0.319. The van der Waals surface area contributed by atoms with Gasteiger partial charge in [0.2, 0.25) is 9.84 Å². The smallest absolute Gasteiger partial charge is 0.206 e. The largest absolute Gasteiger partial charge is 0.371 e. The summed E-state index contributed by atoms with van der Waals surface area (Å²) in [4.78, 5) is 9.23. The third-order valence-corrected chi connectivity index (χ3v) is 12.5. The summed E-state index contributed by atoms with van der Waals surface area (Å²) in [6.45, 7) is 4.67. The Morgan fingerprint density at radius 1 is 0.891 bits per heavy atom. The Morgan fingerprint density at radius 3 is 2.17 bits per heavy atom. The van der Waals surface area contributed by atoms with E-state index in [1.165, 1.54) is 30.8 Å². The molecule has 2 saturated heterocycles. The summed E-state index contributed by atoms with van der Waals surface area (Å²) in [6, 6.07) is 23.0. The number of pyridine rings is 1. The predicted molar refractivity (Wildman–Crippen MR) is 177 cm³/mol. The van der Waals surface area contributed by atoms with E-state index >= 15 is 0 Å². The van der Waals surface area contributed by atoms with Crippen LogP contribution < -0.4 is 4.90 Å². The van der Waals surface area contributed by atoms with Crippen LogP contribution in [0.3, 0.4) is 0 Å². The van der Waals surface area contributed by atoms with Crippen LogP contribution in [0.1, 0.15) is 37.7 Å². The maximum atomic E-state index is 12.9. The Hall–Kier alpha value is -3.30. The maximum Gasteiger partial charge on any atom is 0.206 e. The molecule has 1 saturated carbocycles. The molecule has 3 fully saturated rings. The van der Waals surface area contributed by atoms with E-state index in [9.17, 15) is 22.1 Å². The third kappa shape index (κ3) is 6.72. The molecule has 11 heteroatoms. The van der Waals surface area contributed by atoms with E-state index in [2.05, 4.69) is 33.0 Å². The number of nitriles is 1. The molecule has 9 nitrogen and oxygen atoms in total. The summed E-state index contributed by atoms with van der Waals surface area (Å²) >= 11 is 0. The number of piperidine rings is 1. The highest BCUT2D eigenvalue weighted by Gasteiger charge is 2.52. The van der Waals surface area contributed by atoms with Gasteiger partial charge in [-0.3, -0.25) is 4.98 Å². The van der Waals surface area contributed by atoms with Crippen LogP contribution in [0.2, 0.25) is 0 Å². The van der Waals surface area contributed by atoms with Gasteiger partial charge in [0.05, 0.1) is 27.4 Å². The lowest BCUT2D eigenvalue weighted by Crippen LogP contribution is -2.54. The fourth-order valence-electron chi connectivity index (χ4n) is 7.88. The molecule has 0 spiro atoms. The molecule has 0 bridgehead atoms. The molecule has 3 aromatic rings. The van der Waals surface area contributed by atoms with E-state index in [1.54, 1.807) is 12.1 Å². The SMILES string of the molecule is CS(=O)(=O)CO[C@H]1CCC[C@@H]1C(C#N)(c1ccccc1)C1CCN(CC2CN(c3ccc(S(=O)(=O)c4ccncc4)cc3)C2)CC1. The molecule has 0 amide bonds. The van der Waals surface area contributed by atoms with Gasteiger partial charge in [-0.1, -0.05) is 36.8 Å². The van der Waals surface area contributed by atoms with Gasteiger partial charge in [0, 0.05) is 55.8 Å². The monoisotopic (exact) mass is 662 g/mol. The van der Waals surface area contributed by atoms with Crippen molar-refractivity contribution in [3.63, 3.8) is 0 Å². The van der Waals surface area contributed by atoms with Gasteiger partial charge in [0.1, 0.15) is 5.94 Å². The molecule has 0 N–H and O–H groups in total. The Bertz CT molecular complexity index is 1730. The zero-order chi connectivity index (χ0) is 32.4. The summed E-state index contributed by atoms with van der Waals surface area (Å²) in [5, 5.41) is 10.9. The van der Waals surface area contributed by atoms with Gasteiger partial charge in [-0.2, -0.15) is 5.26 Å². The van der Waals surface area contributed by atoms with Crippen LogP contribution in [0.15, 0.2) is 88.9 Å². The number of rotatable bonds is 11. The van der Waals surface area contributed by atoms with Crippen molar-refractivity contribution in [2.45, 2.75) is 53.4 Å². The first-order chi connectivity index (χ1) is 22.1. The number of anilines is 1. The Kier molecular flexibility index (Phi) is 9.53. The van der Waals surface area contributed by atoms with Crippen LogP contribution in [-0.4, -0.2) is 77.7 Å². The second kappa shape index (κ2) is 13.4. The van der Waals surface area contributed by atoms with Crippen molar-refractivity contribution >= 4 is 25.4 Å². The van der Waals surface area contributed by atoms with E-state index in [-0.39, 0.29) is 33.7 Å². The summed E-state index contributed by atoms with van der Waals surface area (Å²) in [5.41, 5.74) is 1.32. The number of hydrogen-bond acceptors (Lipinski definition) is 9. The maximum absolute atomic E-state index is 12.9. The number of likely N-dealkylation sites (tertiary alicyclic amines) is 1. The summed E-state index contributed by atoms with van der Waals surface area (Å²) in [6.07, 6.45) is 8.27.